The van der Waals surface area contributed by atoms with Crippen molar-refractivity contribution in [2.24, 2.45) is 7.05 Å². The van der Waals surface area contributed by atoms with Crippen LogP contribution in [0.15, 0.2) is 27.1 Å². The van der Waals surface area contributed by atoms with Crippen molar-refractivity contribution >= 4 is 49.2 Å². The number of hydrogen-bond acceptors (Lipinski definition) is 2. The highest BCUT2D eigenvalue weighted by molar-refractivity contribution is 9.11. The van der Waals surface area contributed by atoms with E-state index in [-0.39, 0.29) is 12.2 Å². The van der Waals surface area contributed by atoms with E-state index in [1.807, 2.05) is 26.1 Å². The van der Waals surface area contributed by atoms with Crippen LogP contribution in [0, 0.1) is 0 Å². The van der Waals surface area contributed by atoms with Crippen molar-refractivity contribution in [2.75, 3.05) is 0 Å². The Hall–Kier alpha value is -0.650. The molecule has 0 fully saturated rings. The van der Waals surface area contributed by atoms with Crippen LogP contribution >= 0.6 is 43.5 Å². The monoisotopic (exact) mass is 418 g/mol. The lowest BCUT2D eigenvalue weighted by Crippen LogP contribution is -2.09. The van der Waals surface area contributed by atoms with Crippen molar-refractivity contribution in [1.29, 1.82) is 0 Å². The second kappa shape index (κ2) is 6.41. The predicted molar refractivity (Wildman–Crippen MR) is 87.5 cm³/mol. The third-order valence-electron chi connectivity index (χ3n) is 3.06. The molecule has 2 aromatic rings. The first-order chi connectivity index (χ1) is 9.43. The zero-order valence-corrected chi connectivity index (χ0v) is 15.0. The summed E-state index contributed by atoms with van der Waals surface area (Å²) in [6.45, 7) is 1.99. The molecular weight excluding hydrogens is 407 g/mol. The highest BCUT2D eigenvalue weighted by atomic mass is 79.9. The van der Waals surface area contributed by atoms with Crippen LogP contribution in [0.4, 0.5) is 0 Å². The molecule has 0 saturated carbocycles. The van der Waals surface area contributed by atoms with Gasteiger partial charge in [-0.05, 0) is 24.6 Å². The molecule has 106 valence electrons. The third-order valence-corrected chi connectivity index (χ3v) is 4.68. The predicted octanol–water partition coefficient (Wildman–Crippen LogP) is 4.59. The van der Waals surface area contributed by atoms with Gasteiger partial charge in [-0.2, -0.15) is 5.10 Å². The van der Waals surface area contributed by atoms with E-state index in [0.29, 0.717) is 10.6 Å². The van der Waals surface area contributed by atoms with Crippen LogP contribution in [-0.2, 0) is 19.9 Å². The van der Waals surface area contributed by atoms with Crippen LogP contribution in [0.2, 0.25) is 5.02 Å². The first kappa shape index (κ1) is 15.7. The Morgan fingerprint density at radius 1 is 1.40 bits per heavy atom. The van der Waals surface area contributed by atoms with E-state index in [2.05, 4.69) is 37.0 Å². The first-order valence-electron chi connectivity index (χ1n) is 6.12. The standard InChI is InChI=1S/C14H13Br2ClN2O/c1-3-11-14(17)12(19(2)18-11)7-13(20)9-6-8(15)4-5-10(9)16/h4-6H,3,7H2,1-2H3. The van der Waals surface area contributed by atoms with Gasteiger partial charge in [-0.1, -0.05) is 50.4 Å². The minimum Gasteiger partial charge on any atom is -0.294 e. The van der Waals surface area contributed by atoms with Gasteiger partial charge in [-0.25, -0.2) is 0 Å². The maximum Gasteiger partial charge on any atom is 0.170 e. The summed E-state index contributed by atoms with van der Waals surface area (Å²) in [7, 11) is 1.81. The number of aromatic nitrogens is 2. The van der Waals surface area contributed by atoms with Crippen LogP contribution in [-0.4, -0.2) is 15.6 Å². The van der Waals surface area contributed by atoms with E-state index in [1.165, 1.54) is 0 Å². The van der Waals surface area contributed by atoms with E-state index < -0.39 is 0 Å². The van der Waals surface area contributed by atoms with Crippen LogP contribution in [0.3, 0.4) is 0 Å². The van der Waals surface area contributed by atoms with Gasteiger partial charge in [0.2, 0.25) is 0 Å². The molecule has 0 aliphatic heterocycles. The van der Waals surface area contributed by atoms with Gasteiger partial charge in [0.1, 0.15) is 0 Å². The number of hydrogen-bond donors (Lipinski definition) is 0. The van der Waals surface area contributed by atoms with E-state index in [0.717, 1.165) is 26.8 Å². The van der Waals surface area contributed by atoms with Crippen molar-refractivity contribution in [2.45, 2.75) is 19.8 Å². The Balaban J connectivity index is 2.33. The topological polar surface area (TPSA) is 34.9 Å². The third kappa shape index (κ3) is 3.15. The Labute approximate surface area is 139 Å². The number of ketones is 1. The molecule has 0 aliphatic carbocycles. The van der Waals surface area contributed by atoms with Gasteiger partial charge in [0.25, 0.3) is 0 Å². The lowest BCUT2D eigenvalue weighted by Gasteiger charge is -2.05. The highest BCUT2D eigenvalue weighted by Gasteiger charge is 2.18. The summed E-state index contributed by atoms with van der Waals surface area (Å²) >= 11 is 13.1. The van der Waals surface area contributed by atoms with Gasteiger partial charge in [-0.15, -0.1) is 0 Å². The zero-order valence-electron chi connectivity index (χ0n) is 11.1. The molecule has 0 aliphatic rings. The summed E-state index contributed by atoms with van der Waals surface area (Å²) in [4.78, 5) is 12.4. The molecule has 0 saturated heterocycles. The average molecular weight is 421 g/mol. The Bertz CT molecular complexity index is 667. The second-order valence-corrected chi connectivity index (χ2v) is 6.56. The zero-order chi connectivity index (χ0) is 14.9. The average Bonchev–Trinajstić information content (AvgIpc) is 2.68. The molecule has 2 rings (SSSR count). The second-order valence-electron chi connectivity index (χ2n) is 4.41. The molecule has 0 bridgehead atoms. The number of halogens is 3. The fraction of sp³-hybridized carbons (Fsp3) is 0.286. The summed E-state index contributed by atoms with van der Waals surface area (Å²) in [5.74, 6) is 0.00530. The Morgan fingerprint density at radius 2 is 2.10 bits per heavy atom. The van der Waals surface area contributed by atoms with Gasteiger partial charge in [0.15, 0.2) is 5.78 Å². The molecule has 1 heterocycles. The van der Waals surface area contributed by atoms with Crippen LogP contribution < -0.4 is 0 Å². The minimum atomic E-state index is 0.00530. The number of Topliss-reactive ketones (excluding diaryl/α,β-unsaturated/α-hetero) is 1. The molecule has 0 spiro atoms. The smallest absolute Gasteiger partial charge is 0.170 e. The number of carbonyl (C=O) groups excluding carboxylic acids is 1. The van der Waals surface area contributed by atoms with Gasteiger partial charge in [0, 0.05) is 21.6 Å². The van der Waals surface area contributed by atoms with E-state index in [1.54, 1.807) is 10.7 Å². The van der Waals surface area contributed by atoms with E-state index in [4.69, 9.17) is 11.6 Å². The van der Waals surface area contributed by atoms with Crippen LogP contribution in [0.1, 0.15) is 28.7 Å². The number of benzene rings is 1. The summed E-state index contributed by atoms with van der Waals surface area (Å²) in [5.41, 5.74) is 2.21. The normalized spacial score (nSPS) is 10.8. The van der Waals surface area contributed by atoms with Gasteiger partial charge < -0.3 is 0 Å². The number of aryl methyl sites for hydroxylation is 2. The summed E-state index contributed by atoms with van der Waals surface area (Å²) in [6, 6.07) is 5.53. The molecule has 0 unspecified atom stereocenters. The largest absolute Gasteiger partial charge is 0.294 e. The quantitative estimate of drug-likeness (QED) is 0.679. The van der Waals surface area contributed by atoms with Crippen LogP contribution in [0.25, 0.3) is 0 Å². The number of rotatable bonds is 4. The van der Waals surface area contributed by atoms with Crippen LogP contribution in [0.5, 0.6) is 0 Å². The number of carbonyl (C=O) groups is 1. The molecule has 1 aromatic heterocycles. The molecule has 6 heteroatoms. The molecular formula is C14H13Br2ClN2O. The number of nitrogens with zero attached hydrogens (tertiary/aromatic N) is 2. The van der Waals surface area contributed by atoms with Crippen molar-refractivity contribution in [1.82, 2.24) is 9.78 Å². The molecule has 20 heavy (non-hydrogen) atoms. The van der Waals surface area contributed by atoms with E-state index in [9.17, 15) is 4.79 Å². The summed E-state index contributed by atoms with van der Waals surface area (Å²) in [6.07, 6.45) is 0.985. The molecule has 0 radical (unpaired) electrons. The maximum absolute atomic E-state index is 12.4. The molecule has 0 amide bonds. The Morgan fingerprint density at radius 3 is 2.70 bits per heavy atom. The van der Waals surface area contributed by atoms with Crippen molar-refractivity contribution in [3.8, 4) is 0 Å². The molecule has 0 N–H and O–H groups in total. The first-order valence-corrected chi connectivity index (χ1v) is 8.09. The van der Waals surface area contributed by atoms with Gasteiger partial charge in [0.05, 0.1) is 22.8 Å². The molecule has 3 nitrogen and oxygen atoms in total. The van der Waals surface area contributed by atoms with Crippen molar-refractivity contribution in [3.63, 3.8) is 0 Å². The summed E-state index contributed by atoms with van der Waals surface area (Å²) in [5, 5.41) is 4.92. The molecule has 0 atom stereocenters. The lowest BCUT2D eigenvalue weighted by molar-refractivity contribution is 0.0990. The van der Waals surface area contributed by atoms with Gasteiger partial charge >= 0.3 is 0 Å². The Kier molecular flexibility index (Phi) is 5.04. The summed E-state index contributed by atoms with van der Waals surface area (Å²) < 4.78 is 3.33. The highest BCUT2D eigenvalue weighted by Crippen LogP contribution is 2.26. The fourth-order valence-electron chi connectivity index (χ4n) is 1.97. The minimum absolute atomic E-state index is 0.00530. The lowest BCUT2D eigenvalue weighted by atomic mass is 10.1. The fourth-order valence-corrected chi connectivity index (χ4v) is 3.16. The molecule has 1 aromatic carbocycles. The van der Waals surface area contributed by atoms with Gasteiger partial charge in [-0.3, -0.25) is 9.48 Å². The SMILES string of the molecule is CCc1nn(C)c(CC(=O)c2cc(Br)ccc2Br)c1Cl. The van der Waals surface area contributed by atoms with Crippen molar-refractivity contribution in [3.05, 3.63) is 49.1 Å². The van der Waals surface area contributed by atoms with E-state index >= 15 is 0 Å². The van der Waals surface area contributed by atoms with Crippen molar-refractivity contribution < 1.29 is 4.79 Å². The maximum atomic E-state index is 12.4.